The van der Waals surface area contributed by atoms with Crippen molar-refractivity contribution in [2.75, 3.05) is 0 Å². The van der Waals surface area contributed by atoms with Gasteiger partial charge in [0.1, 0.15) is 10.7 Å². The van der Waals surface area contributed by atoms with Crippen molar-refractivity contribution in [2.45, 2.75) is 19.9 Å². The highest BCUT2D eigenvalue weighted by atomic mass is 32.1. The van der Waals surface area contributed by atoms with E-state index in [1.54, 1.807) is 12.3 Å². The lowest BCUT2D eigenvalue weighted by molar-refractivity contribution is 0.0935. The Morgan fingerprint density at radius 2 is 2.00 bits per heavy atom. The predicted octanol–water partition coefficient (Wildman–Crippen LogP) is 3.83. The maximum atomic E-state index is 12.3. The molecule has 24 heavy (non-hydrogen) atoms. The molecule has 1 amide bonds. The summed E-state index contributed by atoms with van der Waals surface area (Å²) >= 11 is 1.51. The highest BCUT2D eigenvalue weighted by Gasteiger charge is 2.17. The van der Waals surface area contributed by atoms with Crippen LogP contribution in [0.1, 0.15) is 45.7 Å². The maximum absolute atomic E-state index is 12.3. The maximum Gasteiger partial charge on any atom is 0.268 e. The van der Waals surface area contributed by atoms with Crippen LogP contribution < -0.4 is 5.32 Å². The standard InChI is InChI=1S/C18H17N3O2S/c1-11(20-17(23)15-8-14(9-19-15)12(2)22)18-21-16(10-24-18)13-6-4-3-5-7-13/h3-11,19H,1-2H3,(H,20,23)/t11-/m1/s1. The summed E-state index contributed by atoms with van der Waals surface area (Å²) in [5.74, 6) is -0.336. The van der Waals surface area contributed by atoms with Gasteiger partial charge in [0.25, 0.3) is 5.91 Å². The van der Waals surface area contributed by atoms with Crippen LogP contribution in [0.15, 0.2) is 48.0 Å². The fourth-order valence-electron chi connectivity index (χ4n) is 2.29. The van der Waals surface area contributed by atoms with Crippen LogP contribution in [0.3, 0.4) is 0 Å². The fraction of sp³-hybridized carbons (Fsp3) is 0.167. The zero-order valence-electron chi connectivity index (χ0n) is 13.4. The minimum absolute atomic E-state index is 0.0780. The largest absolute Gasteiger partial charge is 0.356 e. The summed E-state index contributed by atoms with van der Waals surface area (Å²) in [6.07, 6.45) is 1.54. The minimum Gasteiger partial charge on any atom is -0.356 e. The number of Topliss-reactive ketones (excluding diaryl/α,β-unsaturated/α-hetero) is 1. The second kappa shape index (κ2) is 6.80. The van der Waals surface area contributed by atoms with Gasteiger partial charge < -0.3 is 10.3 Å². The zero-order valence-corrected chi connectivity index (χ0v) is 14.2. The summed E-state index contributed by atoms with van der Waals surface area (Å²) < 4.78 is 0. The number of benzene rings is 1. The fourth-order valence-corrected chi connectivity index (χ4v) is 3.13. The molecule has 1 aromatic carbocycles. The number of carbonyl (C=O) groups excluding carboxylic acids is 2. The number of H-pyrrole nitrogens is 1. The van der Waals surface area contributed by atoms with Crippen molar-refractivity contribution in [1.82, 2.24) is 15.3 Å². The Morgan fingerprint density at radius 3 is 2.67 bits per heavy atom. The second-order valence-electron chi connectivity index (χ2n) is 5.49. The molecule has 0 aliphatic carbocycles. The monoisotopic (exact) mass is 339 g/mol. The molecule has 2 aromatic heterocycles. The van der Waals surface area contributed by atoms with Gasteiger partial charge in [-0.15, -0.1) is 11.3 Å². The Hall–Kier alpha value is -2.73. The first-order valence-electron chi connectivity index (χ1n) is 7.55. The van der Waals surface area contributed by atoms with Gasteiger partial charge in [-0.05, 0) is 19.9 Å². The number of thiazole rings is 1. The normalized spacial score (nSPS) is 11.9. The summed E-state index contributed by atoms with van der Waals surface area (Å²) in [7, 11) is 0. The highest BCUT2D eigenvalue weighted by Crippen LogP contribution is 2.25. The van der Waals surface area contributed by atoms with E-state index in [9.17, 15) is 9.59 Å². The van der Waals surface area contributed by atoms with E-state index in [2.05, 4.69) is 15.3 Å². The number of hydrogen-bond donors (Lipinski definition) is 2. The topological polar surface area (TPSA) is 74.8 Å². The van der Waals surface area contributed by atoms with E-state index in [0.717, 1.165) is 16.3 Å². The molecule has 3 rings (SSSR count). The van der Waals surface area contributed by atoms with Crippen LogP contribution in [0.2, 0.25) is 0 Å². The van der Waals surface area contributed by atoms with Crippen LogP contribution in [-0.4, -0.2) is 21.7 Å². The smallest absolute Gasteiger partial charge is 0.268 e. The molecule has 0 unspecified atom stereocenters. The van der Waals surface area contributed by atoms with E-state index in [1.165, 1.54) is 18.3 Å². The van der Waals surface area contributed by atoms with Crippen LogP contribution in [0, 0.1) is 0 Å². The highest BCUT2D eigenvalue weighted by molar-refractivity contribution is 7.10. The van der Waals surface area contributed by atoms with Gasteiger partial charge in [-0.3, -0.25) is 9.59 Å². The number of aromatic amines is 1. The molecule has 0 fully saturated rings. The molecule has 6 heteroatoms. The number of nitrogens with zero attached hydrogens (tertiary/aromatic N) is 1. The Kier molecular flexibility index (Phi) is 4.57. The lowest BCUT2D eigenvalue weighted by Gasteiger charge is -2.10. The minimum atomic E-state index is -0.258. The molecule has 2 heterocycles. The van der Waals surface area contributed by atoms with Gasteiger partial charge >= 0.3 is 0 Å². The molecule has 122 valence electrons. The van der Waals surface area contributed by atoms with Crippen molar-refractivity contribution in [3.05, 3.63) is 64.2 Å². The number of nitrogens with one attached hydrogen (secondary N) is 2. The van der Waals surface area contributed by atoms with Crippen molar-refractivity contribution in [3.8, 4) is 11.3 Å². The molecule has 3 aromatic rings. The molecule has 0 saturated heterocycles. The van der Waals surface area contributed by atoms with Gasteiger partial charge in [0.15, 0.2) is 5.78 Å². The van der Waals surface area contributed by atoms with Crippen LogP contribution in [0.4, 0.5) is 0 Å². The first kappa shape index (κ1) is 16.1. The first-order valence-corrected chi connectivity index (χ1v) is 8.43. The molecular formula is C18H17N3O2S. The van der Waals surface area contributed by atoms with Gasteiger partial charge in [0, 0.05) is 22.7 Å². The molecule has 0 bridgehead atoms. The van der Waals surface area contributed by atoms with Crippen molar-refractivity contribution in [1.29, 1.82) is 0 Å². The lowest BCUT2D eigenvalue weighted by atomic mass is 10.2. The van der Waals surface area contributed by atoms with E-state index in [-0.39, 0.29) is 17.7 Å². The number of carbonyl (C=O) groups is 2. The van der Waals surface area contributed by atoms with Gasteiger partial charge in [0.2, 0.25) is 0 Å². The SMILES string of the molecule is CC(=O)c1c[nH]c(C(=O)N[C@H](C)c2nc(-c3ccccc3)cs2)c1. The first-order chi connectivity index (χ1) is 11.5. The van der Waals surface area contributed by atoms with E-state index in [1.807, 2.05) is 42.6 Å². The molecule has 2 N–H and O–H groups in total. The third kappa shape index (κ3) is 3.44. The van der Waals surface area contributed by atoms with Gasteiger partial charge in [0.05, 0.1) is 11.7 Å². The number of aromatic nitrogens is 2. The van der Waals surface area contributed by atoms with E-state index in [0.29, 0.717) is 11.3 Å². The van der Waals surface area contributed by atoms with Crippen molar-refractivity contribution in [3.63, 3.8) is 0 Å². The number of amides is 1. The van der Waals surface area contributed by atoms with E-state index < -0.39 is 0 Å². The summed E-state index contributed by atoms with van der Waals surface area (Å²) in [6, 6.07) is 11.3. The molecule has 0 radical (unpaired) electrons. The number of hydrogen-bond acceptors (Lipinski definition) is 4. The zero-order chi connectivity index (χ0) is 17.1. The molecule has 0 saturated carbocycles. The van der Waals surface area contributed by atoms with Crippen molar-refractivity contribution in [2.24, 2.45) is 0 Å². The quantitative estimate of drug-likeness (QED) is 0.694. The summed E-state index contributed by atoms with van der Waals surface area (Å²) in [5, 5.41) is 5.71. The average Bonchev–Trinajstić information content (AvgIpc) is 3.25. The third-order valence-electron chi connectivity index (χ3n) is 3.64. The lowest BCUT2D eigenvalue weighted by Crippen LogP contribution is -2.26. The number of rotatable bonds is 5. The van der Waals surface area contributed by atoms with E-state index >= 15 is 0 Å². The van der Waals surface area contributed by atoms with Gasteiger partial charge in [-0.2, -0.15) is 0 Å². The summed E-state index contributed by atoms with van der Waals surface area (Å²) in [6.45, 7) is 3.36. The Bertz CT molecular complexity index is 867. The Balaban J connectivity index is 1.70. The molecular weight excluding hydrogens is 322 g/mol. The number of ketones is 1. The molecule has 0 spiro atoms. The molecule has 1 atom stereocenters. The van der Waals surface area contributed by atoms with Crippen LogP contribution in [-0.2, 0) is 0 Å². The van der Waals surface area contributed by atoms with Crippen molar-refractivity contribution < 1.29 is 9.59 Å². The third-order valence-corrected chi connectivity index (χ3v) is 4.67. The van der Waals surface area contributed by atoms with Crippen LogP contribution in [0.25, 0.3) is 11.3 Å². The Morgan fingerprint density at radius 1 is 1.25 bits per heavy atom. The van der Waals surface area contributed by atoms with Crippen LogP contribution >= 0.6 is 11.3 Å². The van der Waals surface area contributed by atoms with Gasteiger partial charge in [-0.1, -0.05) is 30.3 Å². The van der Waals surface area contributed by atoms with Crippen LogP contribution in [0.5, 0.6) is 0 Å². The molecule has 5 nitrogen and oxygen atoms in total. The van der Waals surface area contributed by atoms with Gasteiger partial charge in [-0.25, -0.2) is 4.98 Å². The molecule has 0 aliphatic heterocycles. The summed E-state index contributed by atoms with van der Waals surface area (Å²) in [5.41, 5.74) is 2.81. The Labute approximate surface area is 143 Å². The predicted molar refractivity (Wildman–Crippen MR) is 94.2 cm³/mol. The van der Waals surface area contributed by atoms with E-state index in [4.69, 9.17) is 0 Å². The van der Waals surface area contributed by atoms with Crippen molar-refractivity contribution >= 4 is 23.0 Å². The average molecular weight is 339 g/mol. The second-order valence-corrected chi connectivity index (χ2v) is 6.38. The molecule has 0 aliphatic rings. The summed E-state index contributed by atoms with van der Waals surface area (Å²) in [4.78, 5) is 31.0.